The number of nitrogens with zero attached hydrogens (tertiary/aromatic N) is 2. The van der Waals surface area contributed by atoms with Gasteiger partial charge >= 0.3 is 0 Å². The highest BCUT2D eigenvalue weighted by Gasteiger charge is 2.22. The van der Waals surface area contributed by atoms with Crippen LogP contribution in [0.3, 0.4) is 0 Å². The van der Waals surface area contributed by atoms with Crippen molar-refractivity contribution in [1.82, 2.24) is 10.2 Å². The van der Waals surface area contributed by atoms with E-state index in [1.54, 1.807) is 0 Å². The van der Waals surface area contributed by atoms with E-state index in [2.05, 4.69) is 22.1 Å². The molecule has 0 aromatic heterocycles. The highest BCUT2D eigenvalue weighted by Crippen LogP contribution is 2.16. The standard InChI is InChI=1S/C16H32N4O2.HI/c1-2-20-9-3-5-14(20)13-19-16(17)18-8-4-10-22-15-6-11-21-12-7-15;/h14-15H,2-13H2,1H3,(H3,17,18,19);1H. The van der Waals surface area contributed by atoms with Gasteiger partial charge < -0.3 is 20.5 Å². The summed E-state index contributed by atoms with van der Waals surface area (Å²) < 4.78 is 11.1. The van der Waals surface area contributed by atoms with Gasteiger partial charge in [-0.25, -0.2) is 0 Å². The summed E-state index contributed by atoms with van der Waals surface area (Å²) in [5, 5.41) is 3.18. The van der Waals surface area contributed by atoms with E-state index >= 15 is 0 Å². The Morgan fingerprint density at radius 2 is 2.13 bits per heavy atom. The van der Waals surface area contributed by atoms with Crippen molar-refractivity contribution in [3.8, 4) is 0 Å². The summed E-state index contributed by atoms with van der Waals surface area (Å²) >= 11 is 0. The molecule has 2 fully saturated rings. The van der Waals surface area contributed by atoms with Gasteiger partial charge in [-0.3, -0.25) is 9.89 Å². The van der Waals surface area contributed by atoms with Crippen molar-refractivity contribution < 1.29 is 9.47 Å². The third-order valence-electron chi connectivity index (χ3n) is 4.53. The van der Waals surface area contributed by atoms with Crippen LogP contribution in [0.5, 0.6) is 0 Å². The largest absolute Gasteiger partial charge is 0.381 e. The molecule has 2 aliphatic rings. The normalized spacial score (nSPS) is 23.7. The monoisotopic (exact) mass is 440 g/mol. The van der Waals surface area contributed by atoms with Crippen LogP contribution in [0.1, 0.15) is 39.0 Å². The van der Waals surface area contributed by atoms with Crippen LogP contribution in [0.15, 0.2) is 4.99 Å². The maximum Gasteiger partial charge on any atom is 0.188 e. The van der Waals surface area contributed by atoms with Crippen molar-refractivity contribution in [3.05, 3.63) is 0 Å². The molecule has 23 heavy (non-hydrogen) atoms. The highest BCUT2D eigenvalue weighted by atomic mass is 127. The SMILES string of the molecule is CCN1CCCC1CN=C(N)NCCCOC1CCOCC1.I. The Morgan fingerprint density at radius 3 is 2.87 bits per heavy atom. The summed E-state index contributed by atoms with van der Waals surface area (Å²) in [5.41, 5.74) is 5.93. The molecule has 0 saturated carbocycles. The second-order valence-electron chi connectivity index (χ2n) is 6.11. The van der Waals surface area contributed by atoms with E-state index < -0.39 is 0 Å². The first kappa shape index (κ1) is 20.9. The number of nitrogens with two attached hydrogens (primary N) is 1. The minimum Gasteiger partial charge on any atom is -0.381 e. The maximum atomic E-state index is 5.93. The lowest BCUT2D eigenvalue weighted by atomic mass is 10.1. The second-order valence-corrected chi connectivity index (χ2v) is 6.11. The van der Waals surface area contributed by atoms with E-state index in [-0.39, 0.29) is 24.0 Å². The molecule has 6 nitrogen and oxygen atoms in total. The summed E-state index contributed by atoms with van der Waals surface area (Å²) in [6, 6.07) is 0.571. The lowest BCUT2D eigenvalue weighted by Crippen LogP contribution is -2.36. The van der Waals surface area contributed by atoms with Crippen LogP contribution in [0.25, 0.3) is 0 Å². The van der Waals surface area contributed by atoms with Crippen LogP contribution in [0.4, 0.5) is 0 Å². The number of rotatable bonds is 8. The van der Waals surface area contributed by atoms with Crippen molar-refractivity contribution in [3.63, 3.8) is 0 Å². The molecular weight excluding hydrogens is 407 g/mol. The lowest BCUT2D eigenvalue weighted by molar-refractivity contribution is -0.0320. The molecule has 136 valence electrons. The molecule has 2 heterocycles. The van der Waals surface area contributed by atoms with Gasteiger partial charge in [0.05, 0.1) is 12.6 Å². The van der Waals surface area contributed by atoms with Gasteiger partial charge in [0, 0.05) is 32.4 Å². The topological polar surface area (TPSA) is 72.1 Å². The number of halogens is 1. The fourth-order valence-corrected chi connectivity index (χ4v) is 3.16. The molecule has 2 aliphatic heterocycles. The minimum atomic E-state index is 0. The molecule has 0 radical (unpaired) electrons. The van der Waals surface area contributed by atoms with E-state index in [1.165, 1.54) is 19.4 Å². The van der Waals surface area contributed by atoms with Crippen molar-refractivity contribution in [2.24, 2.45) is 10.7 Å². The van der Waals surface area contributed by atoms with Crippen molar-refractivity contribution in [2.45, 2.75) is 51.2 Å². The number of nitrogens with one attached hydrogen (secondary N) is 1. The molecule has 0 aliphatic carbocycles. The number of guanidine groups is 1. The first-order chi connectivity index (χ1) is 10.8. The van der Waals surface area contributed by atoms with Gasteiger partial charge in [-0.2, -0.15) is 0 Å². The number of hydrogen-bond acceptors (Lipinski definition) is 4. The third kappa shape index (κ3) is 8.00. The van der Waals surface area contributed by atoms with Crippen LogP contribution >= 0.6 is 24.0 Å². The summed E-state index contributed by atoms with van der Waals surface area (Å²) in [6.45, 7) is 8.59. The summed E-state index contributed by atoms with van der Waals surface area (Å²) in [6.07, 6.45) is 5.90. The van der Waals surface area contributed by atoms with Crippen LogP contribution in [-0.2, 0) is 9.47 Å². The minimum absolute atomic E-state index is 0. The zero-order valence-corrected chi connectivity index (χ0v) is 16.7. The fourth-order valence-electron chi connectivity index (χ4n) is 3.16. The Hall–Kier alpha value is -0.120. The first-order valence-electron chi connectivity index (χ1n) is 8.76. The average molecular weight is 440 g/mol. The molecule has 1 atom stereocenters. The predicted molar refractivity (Wildman–Crippen MR) is 105 cm³/mol. The molecular formula is C16H33IN4O2. The molecule has 7 heteroatoms. The van der Waals surface area contributed by atoms with E-state index in [4.69, 9.17) is 15.2 Å². The van der Waals surface area contributed by atoms with Gasteiger partial charge in [-0.05, 0) is 45.2 Å². The van der Waals surface area contributed by atoms with Crippen LogP contribution in [0, 0.1) is 0 Å². The van der Waals surface area contributed by atoms with Gasteiger partial charge in [0.1, 0.15) is 0 Å². The van der Waals surface area contributed by atoms with E-state index in [9.17, 15) is 0 Å². The molecule has 0 aromatic rings. The molecule has 0 spiro atoms. The Balaban J connectivity index is 0.00000264. The molecule has 0 amide bonds. The number of hydrogen-bond donors (Lipinski definition) is 2. The zero-order valence-electron chi connectivity index (χ0n) is 14.3. The van der Waals surface area contributed by atoms with Crippen molar-refractivity contribution >= 4 is 29.9 Å². The molecule has 1 unspecified atom stereocenters. The van der Waals surface area contributed by atoms with Gasteiger partial charge in [-0.1, -0.05) is 6.92 Å². The molecule has 2 rings (SSSR count). The van der Waals surface area contributed by atoms with E-state index in [0.717, 1.165) is 58.7 Å². The lowest BCUT2D eigenvalue weighted by Gasteiger charge is -2.22. The zero-order chi connectivity index (χ0) is 15.6. The number of likely N-dealkylation sites (tertiary alicyclic amines) is 1. The Kier molecular flexibility index (Phi) is 11.2. The summed E-state index contributed by atoms with van der Waals surface area (Å²) in [7, 11) is 0. The van der Waals surface area contributed by atoms with Gasteiger partial charge in [-0.15, -0.1) is 24.0 Å². The molecule has 0 aromatic carbocycles. The van der Waals surface area contributed by atoms with Gasteiger partial charge in [0.2, 0.25) is 0 Å². The molecule has 3 N–H and O–H groups in total. The number of aliphatic imine (C=N–C) groups is 1. The number of likely N-dealkylation sites (N-methyl/N-ethyl adjacent to an activating group) is 1. The van der Waals surface area contributed by atoms with Crippen LogP contribution in [0.2, 0.25) is 0 Å². The summed E-state index contributed by atoms with van der Waals surface area (Å²) in [4.78, 5) is 6.96. The van der Waals surface area contributed by atoms with Crippen molar-refractivity contribution in [1.29, 1.82) is 0 Å². The van der Waals surface area contributed by atoms with Crippen LogP contribution in [-0.4, -0.2) is 69.0 Å². The smallest absolute Gasteiger partial charge is 0.188 e. The summed E-state index contributed by atoms with van der Waals surface area (Å²) in [5.74, 6) is 0.564. The second kappa shape index (κ2) is 12.3. The number of ether oxygens (including phenoxy) is 2. The third-order valence-corrected chi connectivity index (χ3v) is 4.53. The fraction of sp³-hybridized carbons (Fsp3) is 0.938. The van der Waals surface area contributed by atoms with Gasteiger partial charge in [0.25, 0.3) is 0 Å². The van der Waals surface area contributed by atoms with E-state index in [0.29, 0.717) is 18.1 Å². The highest BCUT2D eigenvalue weighted by molar-refractivity contribution is 14.0. The first-order valence-corrected chi connectivity index (χ1v) is 8.76. The van der Waals surface area contributed by atoms with E-state index in [1.807, 2.05) is 0 Å². The van der Waals surface area contributed by atoms with Crippen LogP contribution < -0.4 is 11.1 Å². The Bertz CT molecular complexity index is 338. The molecule has 2 saturated heterocycles. The maximum absolute atomic E-state index is 5.93. The van der Waals surface area contributed by atoms with Crippen molar-refractivity contribution in [2.75, 3.05) is 46.0 Å². The molecule has 0 bridgehead atoms. The Morgan fingerprint density at radius 1 is 1.35 bits per heavy atom. The predicted octanol–water partition coefficient (Wildman–Crippen LogP) is 1.58. The van der Waals surface area contributed by atoms with Gasteiger partial charge in [0.15, 0.2) is 5.96 Å². The average Bonchev–Trinajstić information content (AvgIpc) is 3.01. The quantitative estimate of drug-likeness (QED) is 0.260. The Labute approximate surface area is 157 Å².